The predicted molar refractivity (Wildman–Crippen MR) is 104 cm³/mol. The lowest BCUT2D eigenvalue weighted by atomic mass is 9.95. The number of rotatable bonds is 7. The van der Waals surface area contributed by atoms with E-state index in [1.54, 1.807) is 30.1 Å². The summed E-state index contributed by atoms with van der Waals surface area (Å²) in [7, 11) is 1.81. The SMILES string of the molecule is CCNC(=NCC(C)(O)c1cnn(C)c1)NCC1(c2ccccc2F)CC1. The summed E-state index contributed by atoms with van der Waals surface area (Å²) in [5.74, 6) is 0.461. The number of hydrogen-bond donors (Lipinski definition) is 3. The Labute approximate surface area is 159 Å². The van der Waals surface area contributed by atoms with Gasteiger partial charge in [-0.2, -0.15) is 5.10 Å². The number of nitrogens with one attached hydrogen (secondary N) is 2. The van der Waals surface area contributed by atoms with Crippen molar-refractivity contribution in [3.05, 3.63) is 53.6 Å². The molecule has 0 aliphatic heterocycles. The molecule has 2 aromatic rings. The Kier molecular flexibility index (Phi) is 5.51. The van der Waals surface area contributed by atoms with E-state index in [1.165, 1.54) is 6.07 Å². The third-order valence-corrected chi connectivity index (χ3v) is 5.11. The second kappa shape index (κ2) is 7.68. The first kappa shape index (κ1) is 19.4. The number of aliphatic hydroxyl groups is 1. The van der Waals surface area contributed by atoms with Gasteiger partial charge in [-0.15, -0.1) is 0 Å². The van der Waals surface area contributed by atoms with Crippen LogP contribution in [0.5, 0.6) is 0 Å². The molecule has 146 valence electrons. The molecule has 0 saturated heterocycles. The van der Waals surface area contributed by atoms with Crippen molar-refractivity contribution >= 4 is 5.96 Å². The Balaban J connectivity index is 1.67. The molecule has 0 amide bonds. The average Bonchev–Trinajstić information content (AvgIpc) is 3.29. The summed E-state index contributed by atoms with van der Waals surface area (Å²) in [6.45, 7) is 5.21. The molecule has 1 aromatic carbocycles. The van der Waals surface area contributed by atoms with Gasteiger partial charge in [0.1, 0.15) is 11.4 Å². The summed E-state index contributed by atoms with van der Waals surface area (Å²) in [5.41, 5.74) is 0.192. The summed E-state index contributed by atoms with van der Waals surface area (Å²) in [4.78, 5) is 4.53. The number of benzene rings is 1. The number of hydrogen-bond acceptors (Lipinski definition) is 3. The van der Waals surface area contributed by atoms with E-state index in [2.05, 4.69) is 20.7 Å². The number of nitrogens with zero attached hydrogens (tertiary/aromatic N) is 3. The summed E-state index contributed by atoms with van der Waals surface area (Å²) >= 11 is 0. The van der Waals surface area contributed by atoms with Gasteiger partial charge in [0.15, 0.2) is 5.96 Å². The Hall–Kier alpha value is -2.41. The van der Waals surface area contributed by atoms with Crippen molar-refractivity contribution in [2.75, 3.05) is 19.6 Å². The first-order valence-corrected chi connectivity index (χ1v) is 9.35. The maximum Gasteiger partial charge on any atom is 0.191 e. The number of aryl methyl sites for hydroxylation is 1. The third-order valence-electron chi connectivity index (χ3n) is 5.11. The van der Waals surface area contributed by atoms with E-state index < -0.39 is 5.60 Å². The minimum Gasteiger partial charge on any atom is -0.383 e. The monoisotopic (exact) mass is 373 g/mol. The topological polar surface area (TPSA) is 74.5 Å². The average molecular weight is 373 g/mol. The van der Waals surface area contributed by atoms with Gasteiger partial charge in [-0.1, -0.05) is 18.2 Å². The molecule has 0 spiro atoms. The molecule has 1 saturated carbocycles. The van der Waals surface area contributed by atoms with Crippen LogP contribution in [-0.4, -0.2) is 40.5 Å². The van der Waals surface area contributed by atoms with Crippen LogP contribution in [-0.2, 0) is 18.1 Å². The van der Waals surface area contributed by atoms with Gasteiger partial charge < -0.3 is 15.7 Å². The molecular weight excluding hydrogens is 345 g/mol. The highest BCUT2D eigenvalue weighted by Crippen LogP contribution is 2.48. The molecule has 1 aromatic heterocycles. The van der Waals surface area contributed by atoms with E-state index in [1.807, 2.05) is 26.1 Å². The highest BCUT2D eigenvalue weighted by molar-refractivity contribution is 5.80. The molecule has 3 rings (SSSR count). The normalized spacial score (nSPS) is 18.0. The fourth-order valence-corrected chi connectivity index (χ4v) is 3.20. The van der Waals surface area contributed by atoms with Gasteiger partial charge in [-0.05, 0) is 38.3 Å². The quantitative estimate of drug-likeness (QED) is 0.513. The molecule has 6 nitrogen and oxygen atoms in total. The lowest BCUT2D eigenvalue weighted by molar-refractivity contribution is 0.0672. The number of aromatic nitrogens is 2. The Morgan fingerprint density at radius 2 is 2.11 bits per heavy atom. The van der Waals surface area contributed by atoms with Crippen LogP contribution in [0, 0.1) is 5.82 Å². The molecule has 1 fully saturated rings. The summed E-state index contributed by atoms with van der Waals surface area (Å²) in [5, 5.41) is 21.3. The second-order valence-electron chi connectivity index (χ2n) is 7.49. The summed E-state index contributed by atoms with van der Waals surface area (Å²) in [6.07, 6.45) is 5.34. The molecule has 0 radical (unpaired) electrons. The fraction of sp³-hybridized carbons (Fsp3) is 0.500. The fourth-order valence-electron chi connectivity index (χ4n) is 3.20. The Bertz CT molecular complexity index is 810. The van der Waals surface area contributed by atoms with Crippen LogP contribution in [0.15, 0.2) is 41.7 Å². The van der Waals surface area contributed by atoms with Gasteiger partial charge >= 0.3 is 0 Å². The van der Waals surface area contributed by atoms with E-state index in [0.29, 0.717) is 19.0 Å². The van der Waals surface area contributed by atoms with Crippen molar-refractivity contribution in [2.24, 2.45) is 12.0 Å². The molecule has 3 N–H and O–H groups in total. The van der Waals surface area contributed by atoms with Crippen LogP contribution >= 0.6 is 0 Å². The molecule has 1 aliphatic carbocycles. The highest BCUT2D eigenvalue weighted by atomic mass is 19.1. The van der Waals surface area contributed by atoms with Crippen molar-refractivity contribution in [3.8, 4) is 0 Å². The smallest absolute Gasteiger partial charge is 0.191 e. The van der Waals surface area contributed by atoms with E-state index in [-0.39, 0.29) is 17.8 Å². The lowest BCUT2D eigenvalue weighted by Gasteiger charge is -2.22. The van der Waals surface area contributed by atoms with E-state index >= 15 is 0 Å². The highest BCUT2D eigenvalue weighted by Gasteiger charge is 2.45. The maximum absolute atomic E-state index is 14.2. The third kappa shape index (κ3) is 4.47. The zero-order valence-electron chi connectivity index (χ0n) is 16.2. The van der Waals surface area contributed by atoms with Crippen molar-refractivity contribution in [2.45, 2.75) is 37.7 Å². The molecule has 1 unspecified atom stereocenters. The van der Waals surface area contributed by atoms with E-state index in [0.717, 1.165) is 24.0 Å². The Morgan fingerprint density at radius 1 is 1.37 bits per heavy atom. The second-order valence-corrected chi connectivity index (χ2v) is 7.49. The van der Waals surface area contributed by atoms with Crippen molar-refractivity contribution in [1.82, 2.24) is 20.4 Å². The van der Waals surface area contributed by atoms with Gasteiger partial charge in [0, 0.05) is 37.3 Å². The zero-order chi connectivity index (χ0) is 19.5. The van der Waals surface area contributed by atoms with E-state index in [9.17, 15) is 9.50 Å². The first-order valence-electron chi connectivity index (χ1n) is 9.35. The van der Waals surface area contributed by atoms with Gasteiger partial charge in [0.05, 0.1) is 12.7 Å². The van der Waals surface area contributed by atoms with Crippen LogP contribution in [0.4, 0.5) is 4.39 Å². The van der Waals surface area contributed by atoms with Crippen molar-refractivity contribution in [1.29, 1.82) is 0 Å². The van der Waals surface area contributed by atoms with Gasteiger partial charge in [-0.25, -0.2) is 9.38 Å². The molecule has 1 atom stereocenters. The molecular formula is C20H28FN5O. The van der Waals surface area contributed by atoms with Crippen molar-refractivity contribution in [3.63, 3.8) is 0 Å². The van der Waals surface area contributed by atoms with Crippen molar-refractivity contribution < 1.29 is 9.50 Å². The van der Waals surface area contributed by atoms with Gasteiger partial charge in [0.2, 0.25) is 0 Å². The van der Waals surface area contributed by atoms with Crippen LogP contribution in [0.2, 0.25) is 0 Å². The zero-order valence-corrected chi connectivity index (χ0v) is 16.2. The predicted octanol–water partition coefficient (Wildman–Crippen LogP) is 2.05. The standard InChI is InChI=1S/C20H28FN5O/c1-4-22-18(23-13-19(2,27)15-11-25-26(3)12-15)24-14-20(9-10-20)16-7-5-6-8-17(16)21/h5-8,11-12,27H,4,9-10,13-14H2,1-3H3,(H2,22,23,24). The number of guanidine groups is 1. The molecule has 0 bridgehead atoms. The first-order chi connectivity index (χ1) is 12.9. The minimum absolute atomic E-state index is 0.154. The lowest BCUT2D eigenvalue weighted by Crippen LogP contribution is -2.42. The van der Waals surface area contributed by atoms with Crippen LogP contribution in [0.3, 0.4) is 0 Å². The van der Waals surface area contributed by atoms with Crippen LogP contribution in [0.1, 0.15) is 37.8 Å². The summed E-state index contributed by atoms with van der Waals surface area (Å²) < 4.78 is 15.8. The van der Waals surface area contributed by atoms with Crippen LogP contribution < -0.4 is 10.6 Å². The molecule has 7 heteroatoms. The minimum atomic E-state index is -1.11. The largest absolute Gasteiger partial charge is 0.383 e. The van der Waals surface area contributed by atoms with Crippen LogP contribution in [0.25, 0.3) is 0 Å². The molecule has 1 aliphatic rings. The maximum atomic E-state index is 14.2. The van der Waals surface area contributed by atoms with E-state index in [4.69, 9.17) is 0 Å². The van der Waals surface area contributed by atoms with Gasteiger partial charge in [-0.3, -0.25) is 4.68 Å². The Morgan fingerprint density at radius 3 is 2.70 bits per heavy atom. The number of halogens is 1. The number of aliphatic imine (C=N–C) groups is 1. The summed E-state index contributed by atoms with van der Waals surface area (Å²) in [6, 6.07) is 6.97. The molecule has 1 heterocycles. The van der Waals surface area contributed by atoms with Gasteiger partial charge in [0.25, 0.3) is 0 Å². The molecule has 27 heavy (non-hydrogen) atoms.